The molecule has 2 aromatic rings. The largest absolute Gasteiger partial charge is 0.491 e. The molecule has 20 heavy (non-hydrogen) atoms. The summed E-state index contributed by atoms with van der Waals surface area (Å²) in [4.78, 5) is 10.2. The van der Waals surface area contributed by atoms with Crippen LogP contribution in [0.2, 0.25) is 0 Å². The molecule has 0 heterocycles. The summed E-state index contributed by atoms with van der Waals surface area (Å²) in [5, 5.41) is 17.3. The first-order chi connectivity index (χ1) is 9.59. The average Bonchev–Trinajstić information content (AvgIpc) is 2.48. The van der Waals surface area contributed by atoms with Gasteiger partial charge in [-0.1, -0.05) is 36.4 Å². The third kappa shape index (κ3) is 6.56. The molecule has 0 radical (unpaired) electrons. The van der Waals surface area contributed by atoms with Crippen molar-refractivity contribution in [2.24, 2.45) is 0 Å². The zero-order chi connectivity index (χ0) is 14.8. The number of rotatable bonds is 4. The highest BCUT2D eigenvalue weighted by Gasteiger charge is 1.96. The minimum absolute atomic E-state index is 0.331. The Labute approximate surface area is 118 Å². The maximum Gasteiger partial charge on any atom is 0.335 e. The van der Waals surface area contributed by atoms with Gasteiger partial charge in [0.1, 0.15) is 12.4 Å². The molecule has 1 atom stereocenters. The SMILES string of the molecule is CC(O)COc1ccccc1.O=C(O)c1ccccc1. The van der Waals surface area contributed by atoms with Gasteiger partial charge in [0.2, 0.25) is 0 Å². The van der Waals surface area contributed by atoms with Gasteiger partial charge in [-0.05, 0) is 31.2 Å². The Morgan fingerprint density at radius 3 is 1.95 bits per heavy atom. The van der Waals surface area contributed by atoms with Crippen molar-refractivity contribution in [3.05, 3.63) is 66.2 Å². The molecule has 0 saturated heterocycles. The lowest BCUT2D eigenvalue weighted by atomic mass is 10.2. The minimum atomic E-state index is -0.879. The lowest BCUT2D eigenvalue weighted by Crippen LogP contribution is -2.12. The lowest BCUT2D eigenvalue weighted by molar-refractivity contribution is 0.0697. The fraction of sp³-hybridized carbons (Fsp3) is 0.188. The normalized spacial score (nSPS) is 10.9. The smallest absolute Gasteiger partial charge is 0.335 e. The van der Waals surface area contributed by atoms with E-state index in [-0.39, 0.29) is 0 Å². The van der Waals surface area contributed by atoms with Crippen LogP contribution in [0.1, 0.15) is 17.3 Å². The standard InChI is InChI=1S/C9H12O2.C7H6O2/c1-8(10)7-11-9-5-3-2-4-6-9;8-7(9)6-4-2-1-3-5-6/h2-6,8,10H,7H2,1H3;1-5H,(H,8,9). The molecule has 0 aliphatic heterocycles. The first kappa shape index (κ1) is 15.7. The van der Waals surface area contributed by atoms with Crippen molar-refractivity contribution in [1.29, 1.82) is 0 Å². The van der Waals surface area contributed by atoms with E-state index in [4.69, 9.17) is 14.9 Å². The summed E-state index contributed by atoms with van der Waals surface area (Å²) >= 11 is 0. The Hall–Kier alpha value is -2.33. The van der Waals surface area contributed by atoms with Crippen molar-refractivity contribution in [2.45, 2.75) is 13.0 Å². The zero-order valence-electron chi connectivity index (χ0n) is 11.3. The van der Waals surface area contributed by atoms with Gasteiger partial charge in [0.05, 0.1) is 11.7 Å². The van der Waals surface area contributed by atoms with E-state index in [0.29, 0.717) is 12.2 Å². The molecule has 2 N–H and O–H groups in total. The van der Waals surface area contributed by atoms with E-state index in [9.17, 15) is 4.79 Å². The molecular formula is C16H18O4. The predicted octanol–water partition coefficient (Wildman–Crippen LogP) is 2.83. The van der Waals surface area contributed by atoms with Crippen LogP contribution in [-0.2, 0) is 0 Å². The molecule has 0 aliphatic rings. The fourth-order valence-electron chi connectivity index (χ4n) is 1.31. The lowest BCUT2D eigenvalue weighted by Gasteiger charge is -2.06. The second kappa shape index (κ2) is 8.72. The van der Waals surface area contributed by atoms with Gasteiger partial charge in [0.25, 0.3) is 0 Å². The van der Waals surface area contributed by atoms with Crippen molar-refractivity contribution in [1.82, 2.24) is 0 Å². The summed E-state index contributed by atoms with van der Waals surface area (Å²) in [6.45, 7) is 2.05. The van der Waals surface area contributed by atoms with Gasteiger partial charge in [0, 0.05) is 0 Å². The molecule has 0 saturated carbocycles. The first-order valence-corrected chi connectivity index (χ1v) is 6.24. The second-order valence-corrected chi connectivity index (χ2v) is 4.14. The van der Waals surface area contributed by atoms with Crippen LogP contribution in [0.25, 0.3) is 0 Å². The number of carboxylic acids is 1. The average molecular weight is 274 g/mol. The topological polar surface area (TPSA) is 66.8 Å². The summed E-state index contributed by atoms with van der Waals surface area (Å²) in [7, 11) is 0. The molecule has 0 amide bonds. The number of hydrogen-bond donors (Lipinski definition) is 2. The van der Waals surface area contributed by atoms with E-state index in [1.54, 1.807) is 37.3 Å². The monoisotopic (exact) mass is 274 g/mol. The molecule has 0 bridgehead atoms. The van der Waals surface area contributed by atoms with Crippen molar-refractivity contribution in [2.75, 3.05) is 6.61 Å². The fourth-order valence-corrected chi connectivity index (χ4v) is 1.31. The van der Waals surface area contributed by atoms with Crippen LogP contribution in [0.5, 0.6) is 5.75 Å². The maximum absolute atomic E-state index is 10.2. The minimum Gasteiger partial charge on any atom is -0.491 e. The van der Waals surface area contributed by atoms with E-state index in [0.717, 1.165) is 5.75 Å². The number of hydrogen-bond acceptors (Lipinski definition) is 3. The first-order valence-electron chi connectivity index (χ1n) is 6.24. The summed E-state index contributed by atoms with van der Waals surface area (Å²) < 4.78 is 5.22. The van der Waals surface area contributed by atoms with Crippen LogP contribution in [0.4, 0.5) is 0 Å². The molecule has 4 heteroatoms. The van der Waals surface area contributed by atoms with Gasteiger partial charge < -0.3 is 14.9 Å². The van der Waals surface area contributed by atoms with E-state index >= 15 is 0 Å². The van der Waals surface area contributed by atoms with E-state index in [1.165, 1.54) is 0 Å². The van der Waals surface area contributed by atoms with Crippen LogP contribution in [0.15, 0.2) is 60.7 Å². The summed E-state index contributed by atoms with van der Waals surface area (Å²) in [6, 6.07) is 17.7. The van der Waals surface area contributed by atoms with Crippen molar-refractivity contribution < 1.29 is 19.7 Å². The van der Waals surface area contributed by atoms with Crippen LogP contribution < -0.4 is 4.74 Å². The Balaban J connectivity index is 0.000000204. The quantitative estimate of drug-likeness (QED) is 0.899. The van der Waals surface area contributed by atoms with Gasteiger partial charge in [-0.3, -0.25) is 0 Å². The van der Waals surface area contributed by atoms with Crippen LogP contribution >= 0.6 is 0 Å². The van der Waals surface area contributed by atoms with Crippen LogP contribution in [-0.4, -0.2) is 28.9 Å². The Bertz CT molecular complexity index is 494. The zero-order valence-corrected chi connectivity index (χ0v) is 11.3. The summed E-state index contributed by atoms with van der Waals surface area (Å²) in [6.07, 6.45) is -0.407. The van der Waals surface area contributed by atoms with Crippen molar-refractivity contribution >= 4 is 5.97 Å². The Kier molecular flexibility index (Phi) is 6.85. The molecule has 0 aliphatic carbocycles. The van der Waals surface area contributed by atoms with Gasteiger partial charge in [-0.25, -0.2) is 4.79 Å². The van der Waals surface area contributed by atoms with E-state index < -0.39 is 12.1 Å². The van der Waals surface area contributed by atoms with Crippen molar-refractivity contribution in [3.63, 3.8) is 0 Å². The van der Waals surface area contributed by atoms with Crippen molar-refractivity contribution in [3.8, 4) is 5.75 Å². The van der Waals surface area contributed by atoms with Crippen LogP contribution in [0.3, 0.4) is 0 Å². The number of benzene rings is 2. The van der Waals surface area contributed by atoms with E-state index in [2.05, 4.69) is 0 Å². The molecule has 0 fully saturated rings. The highest BCUT2D eigenvalue weighted by Crippen LogP contribution is 2.08. The molecule has 0 aromatic heterocycles. The summed E-state index contributed by atoms with van der Waals surface area (Å²) in [5.41, 5.74) is 0.331. The maximum atomic E-state index is 10.2. The van der Waals surface area contributed by atoms with E-state index in [1.807, 2.05) is 30.3 Å². The van der Waals surface area contributed by atoms with Gasteiger partial charge in [0.15, 0.2) is 0 Å². The molecule has 2 aromatic carbocycles. The number of para-hydroxylation sites is 1. The predicted molar refractivity (Wildman–Crippen MR) is 77.0 cm³/mol. The molecular weight excluding hydrogens is 256 g/mol. The molecule has 2 rings (SSSR count). The Morgan fingerprint density at radius 2 is 1.55 bits per heavy atom. The molecule has 106 valence electrons. The molecule has 0 spiro atoms. The third-order valence-electron chi connectivity index (χ3n) is 2.26. The van der Waals surface area contributed by atoms with Gasteiger partial charge in [-0.2, -0.15) is 0 Å². The number of aliphatic hydroxyl groups is 1. The molecule has 4 nitrogen and oxygen atoms in total. The number of aliphatic hydroxyl groups excluding tert-OH is 1. The third-order valence-corrected chi connectivity index (χ3v) is 2.26. The summed E-state index contributed by atoms with van der Waals surface area (Å²) in [5.74, 6) is -0.0796. The number of aromatic carboxylic acids is 1. The second-order valence-electron chi connectivity index (χ2n) is 4.14. The van der Waals surface area contributed by atoms with Crippen LogP contribution in [0, 0.1) is 0 Å². The van der Waals surface area contributed by atoms with Gasteiger partial charge in [-0.15, -0.1) is 0 Å². The molecule has 1 unspecified atom stereocenters. The highest BCUT2D eigenvalue weighted by molar-refractivity contribution is 5.87. The number of ether oxygens (including phenoxy) is 1. The number of carbonyl (C=O) groups is 1. The highest BCUT2D eigenvalue weighted by atomic mass is 16.5. The Morgan fingerprint density at radius 1 is 1.05 bits per heavy atom. The number of carboxylic acid groups (broad SMARTS) is 1. The van der Waals surface area contributed by atoms with Gasteiger partial charge >= 0.3 is 5.97 Å².